The van der Waals surface area contributed by atoms with Crippen LogP contribution in [0.1, 0.15) is 17.3 Å². The Morgan fingerprint density at radius 3 is 2.60 bits per heavy atom. The van der Waals surface area contributed by atoms with Gasteiger partial charge in [-0.05, 0) is 19.1 Å². The molecule has 0 aliphatic rings. The minimum atomic E-state index is -0.717. The lowest BCUT2D eigenvalue weighted by atomic mass is 10.1. The van der Waals surface area contributed by atoms with Gasteiger partial charge in [-0.2, -0.15) is 0 Å². The molecule has 0 spiro atoms. The number of carbonyl (C=O) groups excluding carboxylic acids is 1. The zero-order valence-corrected chi connectivity index (χ0v) is 9.25. The highest BCUT2D eigenvalue weighted by molar-refractivity contribution is 6.34. The first-order valence-corrected chi connectivity index (χ1v) is 4.87. The summed E-state index contributed by atoms with van der Waals surface area (Å²) in [5.41, 5.74) is -0.103. The molecule has 0 N–H and O–H groups in total. The van der Waals surface area contributed by atoms with Gasteiger partial charge in [-0.15, -0.1) is 11.6 Å². The molecule has 1 aromatic carbocycles. The van der Waals surface area contributed by atoms with Crippen molar-refractivity contribution in [3.05, 3.63) is 38.9 Å². The van der Waals surface area contributed by atoms with Crippen LogP contribution in [0.5, 0.6) is 0 Å². The summed E-state index contributed by atoms with van der Waals surface area (Å²) in [6.45, 7) is 1.50. The van der Waals surface area contributed by atoms with Crippen molar-refractivity contribution < 1.29 is 9.72 Å². The van der Waals surface area contributed by atoms with E-state index in [1.54, 1.807) is 0 Å². The van der Waals surface area contributed by atoms with Crippen LogP contribution in [0.2, 0.25) is 5.02 Å². The number of nitrogens with zero attached hydrogens (tertiary/aromatic N) is 1. The minimum absolute atomic E-state index is 0.00113. The average molecular weight is 248 g/mol. The molecule has 0 aromatic heterocycles. The van der Waals surface area contributed by atoms with Crippen LogP contribution in [0.3, 0.4) is 0 Å². The Morgan fingerprint density at radius 2 is 2.13 bits per heavy atom. The van der Waals surface area contributed by atoms with Gasteiger partial charge in [0.1, 0.15) is 5.02 Å². The summed E-state index contributed by atoms with van der Waals surface area (Å²) in [6.07, 6.45) is 0. The van der Waals surface area contributed by atoms with Crippen molar-refractivity contribution in [3.63, 3.8) is 0 Å². The van der Waals surface area contributed by atoms with Gasteiger partial charge in [-0.25, -0.2) is 0 Å². The van der Waals surface area contributed by atoms with Gasteiger partial charge < -0.3 is 0 Å². The third kappa shape index (κ3) is 2.67. The van der Waals surface area contributed by atoms with Crippen LogP contribution in [-0.4, -0.2) is 16.1 Å². The molecule has 0 amide bonds. The summed E-state index contributed by atoms with van der Waals surface area (Å²) in [4.78, 5) is 21.3. The maximum Gasteiger partial charge on any atom is 0.288 e. The number of halogens is 2. The van der Waals surface area contributed by atoms with Crippen LogP contribution in [0.4, 0.5) is 5.69 Å². The van der Waals surface area contributed by atoms with E-state index in [4.69, 9.17) is 23.2 Å². The molecule has 1 unspecified atom stereocenters. The molecule has 80 valence electrons. The van der Waals surface area contributed by atoms with Crippen LogP contribution in [-0.2, 0) is 0 Å². The number of hydrogen-bond acceptors (Lipinski definition) is 3. The third-order valence-corrected chi connectivity index (χ3v) is 2.31. The molecule has 1 atom stereocenters. The van der Waals surface area contributed by atoms with Gasteiger partial charge in [-0.3, -0.25) is 14.9 Å². The van der Waals surface area contributed by atoms with Crippen LogP contribution in [0.25, 0.3) is 0 Å². The fraction of sp³-hybridized carbons (Fsp3) is 0.222. The van der Waals surface area contributed by atoms with Crippen LogP contribution in [0.15, 0.2) is 18.2 Å². The standard InChI is InChI=1S/C9H7Cl2NO3/c1-5(10)9(13)6-2-3-7(11)8(4-6)12(14)15/h2-5H,1H3. The zero-order chi connectivity index (χ0) is 11.6. The maximum atomic E-state index is 11.4. The number of ketones is 1. The second-order valence-electron chi connectivity index (χ2n) is 2.90. The molecule has 0 fully saturated rings. The molecular weight excluding hydrogens is 241 g/mol. The van der Waals surface area contributed by atoms with Crippen molar-refractivity contribution in [2.24, 2.45) is 0 Å². The summed E-state index contributed by atoms with van der Waals surface area (Å²) >= 11 is 11.2. The molecule has 0 saturated heterocycles. The fourth-order valence-electron chi connectivity index (χ4n) is 1.04. The molecule has 0 bridgehead atoms. The Balaban J connectivity index is 3.19. The van der Waals surface area contributed by atoms with E-state index in [9.17, 15) is 14.9 Å². The summed E-state index contributed by atoms with van der Waals surface area (Å²) in [7, 11) is 0. The highest BCUT2D eigenvalue weighted by Crippen LogP contribution is 2.25. The molecule has 0 radical (unpaired) electrons. The van der Waals surface area contributed by atoms with Gasteiger partial charge in [-0.1, -0.05) is 11.6 Å². The molecule has 1 rings (SSSR count). The van der Waals surface area contributed by atoms with E-state index in [0.29, 0.717) is 0 Å². The Bertz CT molecular complexity index is 418. The van der Waals surface area contributed by atoms with Crippen molar-refractivity contribution in [2.75, 3.05) is 0 Å². The predicted molar refractivity (Wildman–Crippen MR) is 57.8 cm³/mol. The Morgan fingerprint density at radius 1 is 1.53 bits per heavy atom. The third-order valence-electron chi connectivity index (χ3n) is 1.79. The molecule has 15 heavy (non-hydrogen) atoms. The number of rotatable bonds is 3. The first kappa shape index (κ1) is 11.9. The number of Topliss-reactive ketones (excluding diaryl/α,β-unsaturated/α-hetero) is 1. The van der Waals surface area contributed by atoms with Crippen LogP contribution < -0.4 is 0 Å². The lowest BCUT2D eigenvalue weighted by Gasteiger charge is -2.02. The number of nitro groups is 1. The van der Waals surface area contributed by atoms with Gasteiger partial charge in [0.15, 0.2) is 5.78 Å². The first-order valence-electron chi connectivity index (χ1n) is 4.05. The molecule has 0 heterocycles. The summed E-state index contributed by atoms with van der Waals surface area (Å²) in [5, 5.41) is 9.83. The van der Waals surface area contributed by atoms with Crippen molar-refractivity contribution in [1.29, 1.82) is 0 Å². The normalized spacial score (nSPS) is 12.2. The predicted octanol–water partition coefficient (Wildman–Crippen LogP) is 3.06. The smallest absolute Gasteiger partial charge is 0.288 e. The van der Waals surface area contributed by atoms with Gasteiger partial charge in [0, 0.05) is 11.6 Å². The van der Waals surface area contributed by atoms with Crippen molar-refractivity contribution in [3.8, 4) is 0 Å². The van der Waals surface area contributed by atoms with E-state index in [1.165, 1.54) is 19.1 Å². The Hall–Kier alpha value is -1.13. The molecule has 6 heteroatoms. The van der Waals surface area contributed by atoms with Crippen LogP contribution in [0, 0.1) is 10.1 Å². The number of carbonyl (C=O) groups is 1. The topological polar surface area (TPSA) is 60.2 Å². The fourth-order valence-corrected chi connectivity index (χ4v) is 1.35. The largest absolute Gasteiger partial charge is 0.293 e. The van der Waals surface area contributed by atoms with Gasteiger partial charge >= 0.3 is 0 Å². The maximum absolute atomic E-state index is 11.4. The summed E-state index contributed by atoms with van der Waals surface area (Å²) < 4.78 is 0. The van der Waals surface area contributed by atoms with E-state index >= 15 is 0 Å². The second-order valence-corrected chi connectivity index (χ2v) is 3.97. The first-order chi connectivity index (χ1) is 6.93. The van der Waals surface area contributed by atoms with E-state index < -0.39 is 10.3 Å². The van der Waals surface area contributed by atoms with Gasteiger partial charge in [0.2, 0.25) is 0 Å². The zero-order valence-electron chi connectivity index (χ0n) is 7.74. The number of hydrogen-bond donors (Lipinski definition) is 0. The quantitative estimate of drug-likeness (QED) is 0.357. The number of benzene rings is 1. The molecule has 4 nitrogen and oxygen atoms in total. The molecule has 1 aromatic rings. The van der Waals surface area contributed by atoms with E-state index in [2.05, 4.69) is 0 Å². The molecule has 0 aliphatic heterocycles. The summed E-state index contributed by atoms with van der Waals surface area (Å²) in [6, 6.07) is 3.85. The van der Waals surface area contributed by atoms with Gasteiger partial charge in [0.25, 0.3) is 5.69 Å². The van der Waals surface area contributed by atoms with Crippen molar-refractivity contribution in [1.82, 2.24) is 0 Å². The van der Waals surface area contributed by atoms with Crippen molar-refractivity contribution in [2.45, 2.75) is 12.3 Å². The van der Waals surface area contributed by atoms with Gasteiger partial charge in [0.05, 0.1) is 10.3 Å². The number of nitro benzene ring substituents is 1. The SMILES string of the molecule is CC(Cl)C(=O)c1ccc(Cl)c([N+](=O)[O-])c1. The minimum Gasteiger partial charge on any atom is -0.293 e. The highest BCUT2D eigenvalue weighted by atomic mass is 35.5. The van der Waals surface area contributed by atoms with Crippen molar-refractivity contribution >= 4 is 34.7 Å². The molecule has 0 saturated carbocycles. The second kappa shape index (κ2) is 4.59. The Kier molecular flexibility index (Phi) is 3.66. The monoisotopic (exact) mass is 247 g/mol. The molecule has 0 aliphatic carbocycles. The highest BCUT2D eigenvalue weighted by Gasteiger charge is 2.18. The molecular formula is C9H7Cl2NO3. The lowest BCUT2D eigenvalue weighted by molar-refractivity contribution is -0.384. The Labute approximate surface area is 95.9 Å². The van der Waals surface area contributed by atoms with E-state index in [-0.39, 0.29) is 22.1 Å². The lowest BCUT2D eigenvalue weighted by Crippen LogP contribution is -2.10. The number of alkyl halides is 1. The van der Waals surface area contributed by atoms with E-state index in [0.717, 1.165) is 6.07 Å². The van der Waals surface area contributed by atoms with E-state index in [1.807, 2.05) is 0 Å². The summed E-state index contributed by atoms with van der Waals surface area (Å²) in [5.74, 6) is -0.364. The van der Waals surface area contributed by atoms with Crippen LogP contribution >= 0.6 is 23.2 Å². The average Bonchev–Trinajstić information content (AvgIpc) is 2.16.